The van der Waals surface area contributed by atoms with Crippen LogP contribution in [-0.4, -0.2) is 18.2 Å². The van der Waals surface area contributed by atoms with Gasteiger partial charge >= 0.3 is 0 Å². The molecule has 0 aromatic heterocycles. The topological polar surface area (TPSA) is 46.2 Å². The summed E-state index contributed by atoms with van der Waals surface area (Å²) in [6.45, 7) is 4.65. The Balaban J connectivity index is 2.29. The third-order valence-electron chi connectivity index (χ3n) is 3.12. The SMILES string of the molecule is CC(C)CNC(=O)c1ccccc1C(=O)c1ccccc1. The molecule has 21 heavy (non-hydrogen) atoms. The van der Waals surface area contributed by atoms with Gasteiger partial charge < -0.3 is 5.32 Å². The predicted octanol–water partition coefficient (Wildman–Crippen LogP) is 3.30. The van der Waals surface area contributed by atoms with E-state index in [-0.39, 0.29) is 11.7 Å². The van der Waals surface area contributed by atoms with Crippen molar-refractivity contribution in [2.24, 2.45) is 5.92 Å². The predicted molar refractivity (Wildman–Crippen MR) is 83.5 cm³/mol. The van der Waals surface area contributed by atoms with Gasteiger partial charge in [-0.05, 0) is 12.0 Å². The van der Waals surface area contributed by atoms with E-state index in [2.05, 4.69) is 5.32 Å². The van der Waals surface area contributed by atoms with Gasteiger partial charge in [-0.1, -0.05) is 62.4 Å². The van der Waals surface area contributed by atoms with Gasteiger partial charge in [0.05, 0.1) is 5.56 Å². The molecular formula is C18H19NO2. The average molecular weight is 281 g/mol. The van der Waals surface area contributed by atoms with Gasteiger partial charge in [0.1, 0.15) is 0 Å². The molecule has 0 aliphatic rings. The molecule has 0 bridgehead atoms. The lowest BCUT2D eigenvalue weighted by atomic mass is 9.98. The molecule has 0 radical (unpaired) electrons. The Labute approximate surface area is 125 Å². The van der Waals surface area contributed by atoms with Crippen LogP contribution in [0.2, 0.25) is 0 Å². The van der Waals surface area contributed by atoms with Crippen molar-refractivity contribution in [2.45, 2.75) is 13.8 Å². The molecule has 0 atom stereocenters. The molecule has 2 aromatic carbocycles. The molecule has 108 valence electrons. The number of hydrogen-bond donors (Lipinski definition) is 1. The molecule has 0 unspecified atom stereocenters. The van der Waals surface area contributed by atoms with Gasteiger partial charge in [0, 0.05) is 17.7 Å². The van der Waals surface area contributed by atoms with Crippen LogP contribution < -0.4 is 5.32 Å². The Bertz CT molecular complexity index is 633. The highest BCUT2D eigenvalue weighted by Gasteiger charge is 2.17. The Hall–Kier alpha value is -2.42. The van der Waals surface area contributed by atoms with E-state index in [0.29, 0.717) is 29.2 Å². The van der Waals surface area contributed by atoms with Gasteiger partial charge in [-0.2, -0.15) is 0 Å². The molecule has 0 aliphatic heterocycles. The van der Waals surface area contributed by atoms with Crippen LogP contribution in [0.5, 0.6) is 0 Å². The van der Waals surface area contributed by atoms with E-state index in [1.54, 1.807) is 36.4 Å². The molecule has 0 saturated heterocycles. The van der Waals surface area contributed by atoms with Gasteiger partial charge in [-0.3, -0.25) is 9.59 Å². The zero-order valence-electron chi connectivity index (χ0n) is 12.3. The Kier molecular flexibility index (Phi) is 4.88. The van der Waals surface area contributed by atoms with Crippen LogP contribution in [0, 0.1) is 5.92 Å². The average Bonchev–Trinajstić information content (AvgIpc) is 2.52. The zero-order chi connectivity index (χ0) is 15.2. The Morgan fingerprint density at radius 1 is 0.905 bits per heavy atom. The summed E-state index contributed by atoms with van der Waals surface area (Å²) in [5.41, 5.74) is 1.44. The number of hydrogen-bond acceptors (Lipinski definition) is 2. The minimum absolute atomic E-state index is 0.133. The summed E-state index contributed by atoms with van der Waals surface area (Å²) in [5, 5.41) is 2.85. The second-order valence-electron chi connectivity index (χ2n) is 5.34. The molecule has 0 fully saturated rings. The second-order valence-corrected chi connectivity index (χ2v) is 5.34. The number of amides is 1. The number of rotatable bonds is 5. The van der Waals surface area contributed by atoms with Gasteiger partial charge in [0.25, 0.3) is 5.91 Å². The minimum Gasteiger partial charge on any atom is -0.352 e. The molecule has 2 rings (SSSR count). The molecule has 3 heteroatoms. The van der Waals surface area contributed by atoms with Crippen molar-refractivity contribution >= 4 is 11.7 Å². The first-order valence-corrected chi connectivity index (χ1v) is 7.06. The number of ketones is 1. The van der Waals surface area contributed by atoms with Crippen molar-refractivity contribution in [2.75, 3.05) is 6.54 Å². The number of carbonyl (C=O) groups is 2. The highest BCUT2D eigenvalue weighted by Crippen LogP contribution is 2.14. The third kappa shape index (κ3) is 3.78. The van der Waals surface area contributed by atoms with E-state index < -0.39 is 0 Å². The van der Waals surface area contributed by atoms with Crippen molar-refractivity contribution in [3.63, 3.8) is 0 Å². The molecule has 1 N–H and O–H groups in total. The molecule has 0 aliphatic carbocycles. The standard InChI is InChI=1S/C18H19NO2/c1-13(2)12-19-18(21)16-11-7-6-10-15(16)17(20)14-8-4-3-5-9-14/h3-11,13H,12H2,1-2H3,(H,19,21). The summed E-state index contributed by atoms with van der Waals surface area (Å²) in [5.74, 6) is 0.0282. The number of benzene rings is 2. The number of carbonyl (C=O) groups excluding carboxylic acids is 2. The highest BCUT2D eigenvalue weighted by atomic mass is 16.2. The first kappa shape index (κ1) is 15.0. The lowest BCUT2D eigenvalue weighted by molar-refractivity contribution is 0.0938. The van der Waals surface area contributed by atoms with Crippen LogP contribution >= 0.6 is 0 Å². The fraction of sp³-hybridized carbons (Fsp3) is 0.222. The zero-order valence-corrected chi connectivity index (χ0v) is 12.3. The lowest BCUT2D eigenvalue weighted by Gasteiger charge is -2.11. The molecular weight excluding hydrogens is 262 g/mol. The van der Waals surface area contributed by atoms with Crippen LogP contribution in [0.4, 0.5) is 0 Å². The number of nitrogens with one attached hydrogen (secondary N) is 1. The first-order chi connectivity index (χ1) is 10.1. The summed E-state index contributed by atoms with van der Waals surface area (Å²) in [7, 11) is 0. The van der Waals surface area contributed by atoms with E-state index >= 15 is 0 Å². The first-order valence-electron chi connectivity index (χ1n) is 7.06. The monoisotopic (exact) mass is 281 g/mol. The van der Waals surface area contributed by atoms with Crippen molar-refractivity contribution in [1.82, 2.24) is 5.32 Å². The smallest absolute Gasteiger partial charge is 0.252 e. The van der Waals surface area contributed by atoms with E-state index in [4.69, 9.17) is 0 Å². The van der Waals surface area contributed by atoms with Crippen LogP contribution in [0.15, 0.2) is 54.6 Å². The largest absolute Gasteiger partial charge is 0.352 e. The maximum absolute atomic E-state index is 12.5. The Morgan fingerprint density at radius 2 is 1.48 bits per heavy atom. The minimum atomic E-state index is -0.205. The Morgan fingerprint density at radius 3 is 2.10 bits per heavy atom. The van der Waals surface area contributed by atoms with Crippen molar-refractivity contribution in [3.05, 3.63) is 71.3 Å². The summed E-state index contributed by atoms with van der Waals surface area (Å²) in [6.07, 6.45) is 0. The van der Waals surface area contributed by atoms with Gasteiger partial charge in [0.2, 0.25) is 0 Å². The summed E-state index contributed by atoms with van der Waals surface area (Å²) >= 11 is 0. The van der Waals surface area contributed by atoms with Crippen LogP contribution in [0.1, 0.15) is 40.1 Å². The third-order valence-corrected chi connectivity index (χ3v) is 3.12. The molecule has 0 heterocycles. The summed E-state index contributed by atoms with van der Waals surface area (Å²) in [4.78, 5) is 24.8. The van der Waals surface area contributed by atoms with Crippen LogP contribution in [-0.2, 0) is 0 Å². The van der Waals surface area contributed by atoms with E-state index in [9.17, 15) is 9.59 Å². The summed E-state index contributed by atoms with van der Waals surface area (Å²) < 4.78 is 0. The fourth-order valence-corrected chi connectivity index (χ4v) is 2.02. The quantitative estimate of drug-likeness (QED) is 0.855. The van der Waals surface area contributed by atoms with Crippen molar-refractivity contribution in [3.8, 4) is 0 Å². The summed E-state index contributed by atoms with van der Waals surface area (Å²) in [6, 6.07) is 15.9. The van der Waals surface area contributed by atoms with Crippen molar-refractivity contribution in [1.29, 1.82) is 0 Å². The van der Waals surface area contributed by atoms with Crippen LogP contribution in [0.25, 0.3) is 0 Å². The van der Waals surface area contributed by atoms with Gasteiger partial charge in [0.15, 0.2) is 5.78 Å². The molecule has 3 nitrogen and oxygen atoms in total. The maximum Gasteiger partial charge on any atom is 0.252 e. The fourth-order valence-electron chi connectivity index (χ4n) is 2.02. The molecule has 2 aromatic rings. The second kappa shape index (κ2) is 6.84. The maximum atomic E-state index is 12.5. The normalized spacial score (nSPS) is 10.4. The van der Waals surface area contributed by atoms with Gasteiger partial charge in [-0.25, -0.2) is 0 Å². The molecule has 1 amide bonds. The van der Waals surface area contributed by atoms with E-state index in [1.807, 2.05) is 32.0 Å². The van der Waals surface area contributed by atoms with Crippen molar-refractivity contribution < 1.29 is 9.59 Å². The molecule has 0 saturated carbocycles. The van der Waals surface area contributed by atoms with E-state index in [1.165, 1.54) is 0 Å². The highest BCUT2D eigenvalue weighted by molar-refractivity contribution is 6.15. The lowest BCUT2D eigenvalue weighted by Crippen LogP contribution is -2.28. The van der Waals surface area contributed by atoms with E-state index in [0.717, 1.165) is 0 Å². The van der Waals surface area contributed by atoms with Gasteiger partial charge in [-0.15, -0.1) is 0 Å². The van der Waals surface area contributed by atoms with Crippen LogP contribution in [0.3, 0.4) is 0 Å². The molecule has 0 spiro atoms.